The highest BCUT2D eigenvalue weighted by molar-refractivity contribution is 5.81. The van der Waals surface area contributed by atoms with Crippen molar-refractivity contribution in [3.8, 4) is 5.75 Å². The van der Waals surface area contributed by atoms with Crippen LogP contribution in [0.3, 0.4) is 0 Å². The zero-order valence-corrected chi connectivity index (χ0v) is 13.4. The summed E-state index contributed by atoms with van der Waals surface area (Å²) in [5.74, 6) is 1.04. The first kappa shape index (κ1) is 16.2. The summed E-state index contributed by atoms with van der Waals surface area (Å²) < 4.78 is 24.1. The van der Waals surface area contributed by atoms with Crippen molar-refractivity contribution in [2.45, 2.75) is 38.2 Å². The normalized spacial score (nSPS) is 22.3. The first-order chi connectivity index (χ1) is 11.2. The Labute approximate surface area is 136 Å². The van der Waals surface area contributed by atoms with Crippen molar-refractivity contribution in [1.82, 2.24) is 4.90 Å². The first-order valence-electron chi connectivity index (χ1n) is 8.51. The molecule has 3 rings (SSSR count). The molecule has 5 heteroatoms. The van der Waals surface area contributed by atoms with Crippen LogP contribution in [-0.2, 0) is 9.53 Å². The lowest BCUT2D eigenvalue weighted by atomic mass is 9.93. The Hall–Kier alpha value is -1.62. The summed E-state index contributed by atoms with van der Waals surface area (Å²) in [5, 5.41) is 0. The summed E-state index contributed by atoms with van der Waals surface area (Å²) in [5.41, 5.74) is 0. The maximum atomic E-state index is 13.1. The molecule has 0 unspecified atom stereocenters. The molecule has 1 amide bonds. The van der Waals surface area contributed by atoms with E-state index >= 15 is 0 Å². The fraction of sp³-hybridized carbons (Fsp3) is 0.611. The average Bonchev–Trinajstić information content (AvgIpc) is 3.09. The molecule has 1 aromatic carbocycles. The van der Waals surface area contributed by atoms with Gasteiger partial charge in [-0.3, -0.25) is 4.79 Å². The Morgan fingerprint density at radius 1 is 1.30 bits per heavy atom. The molecule has 126 valence electrons. The minimum Gasteiger partial charge on any atom is -0.493 e. The van der Waals surface area contributed by atoms with Gasteiger partial charge >= 0.3 is 0 Å². The van der Waals surface area contributed by atoms with Gasteiger partial charge in [0.2, 0.25) is 0 Å². The molecule has 4 nitrogen and oxygen atoms in total. The molecule has 1 atom stereocenters. The van der Waals surface area contributed by atoms with Crippen molar-refractivity contribution in [3.05, 3.63) is 30.1 Å². The number of nitrogens with zero attached hydrogens (tertiary/aromatic N) is 1. The molecule has 0 N–H and O–H groups in total. The topological polar surface area (TPSA) is 38.8 Å². The van der Waals surface area contributed by atoms with Gasteiger partial charge in [-0.25, -0.2) is 4.39 Å². The molecule has 23 heavy (non-hydrogen) atoms. The third-order valence-corrected chi connectivity index (χ3v) is 4.72. The van der Waals surface area contributed by atoms with E-state index in [0.717, 1.165) is 45.2 Å². The summed E-state index contributed by atoms with van der Waals surface area (Å²) in [6, 6.07) is 6.24. The van der Waals surface area contributed by atoms with Crippen LogP contribution >= 0.6 is 0 Å². The average molecular weight is 321 g/mol. The van der Waals surface area contributed by atoms with Crippen LogP contribution in [-0.4, -0.2) is 43.2 Å². The second-order valence-corrected chi connectivity index (χ2v) is 6.36. The summed E-state index contributed by atoms with van der Waals surface area (Å²) in [4.78, 5) is 14.2. The monoisotopic (exact) mass is 321 g/mol. The molecule has 2 heterocycles. The maximum absolute atomic E-state index is 13.1. The molecule has 0 radical (unpaired) electrons. The number of halogens is 1. The van der Waals surface area contributed by atoms with E-state index in [2.05, 4.69) is 0 Å². The Morgan fingerprint density at radius 3 is 2.83 bits per heavy atom. The van der Waals surface area contributed by atoms with Crippen molar-refractivity contribution < 1.29 is 18.7 Å². The Balaban J connectivity index is 1.36. The van der Waals surface area contributed by atoms with Crippen LogP contribution in [0.5, 0.6) is 5.75 Å². The molecule has 2 aliphatic heterocycles. The number of hydrogen-bond acceptors (Lipinski definition) is 3. The molecule has 0 aliphatic carbocycles. The highest BCUT2D eigenvalue weighted by atomic mass is 19.1. The van der Waals surface area contributed by atoms with E-state index in [9.17, 15) is 9.18 Å². The molecule has 0 aromatic heterocycles. The lowest BCUT2D eigenvalue weighted by Crippen LogP contribution is -2.43. The minimum atomic E-state index is -0.275. The Morgan fingerprint density at radius 2 is 2.13 bits per heavy atom. The number of rotatable bonds is 5. The molecule has 0 bridgehead atoms. The van der Waals surface area contributed by atoms with E-state index in [0.29, 0.717) is 24.9 Å². The van der Waals surface area contributed by atoms with E-state index in [1.807, 2.05) is 4.90 Å². The second kappa shape index (κ2) is 7.77. The van der Waals surface area contributed by atoms with Crippen LogP contribution in [0.4, 0.5) is 4.39 Å². The molecule has 0 spiro atoms. The van der Waals surface area contributed by atoms with Crippen LogP contribution in [0, 0.1) is 11.7 Å². The molecule has 2 fully saturated rings. The van der Waals surface area contributed by atoms with Gasteiger partial charge in [0.15, 0.2) is 0 Å². The molecule has 1 aromatic rings. The summed E-state index contributed by atoms with van der Waals surface area (Å²) in [6.45, 7) is 2.92. The summed E-state index contributed by atoms with van der Waals surface area (Å²) in [7, 11) is 0. The fourth-order valence-corrected chi connectivity index (χ4v) is 3.32. The smallest absolute Gasteiger partial charge is 0.251 e. The van der Waals surface area contributed by atoms with Gasteiger partial charge in [0, 0.05) is 25.8 Å². The number of likely N-dealkylation sites (tertiary alicyclic amines) is 1. The number of hydrogen-bond donors (Lipinski definition) is 0. The summed E-state index contributed by atoms with van der Waals surface area (Å²) >= 11 is 0. The van der Waals surface area contributed by atoms with Crippen LogP contribution in [0.25, 0.3) is 0 Å². The van der Waals surface area contributed by atoms with Crippen LogP contribution < -0.4 is 4.74 Å². The van der Waals surface area contributed by atoms with Crippen molar-refractivity contribution in [2.24, 2.45) is 5.92 Å². The van der Waals surface area contributed by atoms with Crippen molar-refractivity contribution in [2.75, 3.05) is 26.3 Å². The third-order valence-electron chi connectivity index (χ3n) is 4.72. The third kappa shape index (κ3) is 4.44. The maximum Gasteiger partial charge on any atom is 0.251 e. The number of ether oxygens (including phenoxy) is 2. The Bertz CT molecular complexity index is 523. The SMILES string of the molecule is O=C([C@@H]1CCCO1)N1CCC(CCOc2cccc(F)c2)CC1. The van der Waals surface area contributed by atoms with E-state index in [1.54, 1.807) is 12.1 Å². The number of carbonyl (C=O) groups excluding carboxylic acids is 1. The van der Waals surface area contributed by atoms with Crippen molar-refractivity contribution in [3.63, 3.8) is 0 Å². The van der Waals surface area contributed by atoms with Gasteiger partial charge in [0.25, 0.3) is 5.91 Å². The van der Waals surface area contributed by atoms with Gasteiger partial charge in [0.1, 0.15) is 17.7 Å². The lowest BCUT2D eigenvalue weighted by Gasteiger charge is -2.33. The Kier molecular flexibility index (Phi) is 5.49. The molecule has 0 saturated carbocycles. The van der Waals surface area contributed by atoms with E-state index in [4.69, 9.17) is 9.47 Å². The number of benzene rings is 1. The van der Waals surface area contributed by atoms with E-state index in [-0.39, 0.29) is 17.8 Å². The van der Waals surface area contributed by atoms with Crippen LogP contribution in [0.1, 0.15) is 32.1 Å². The molecular formula is C18H24FNO3. The summed E-state index contributed by atoms with van der Waals surface area (Å²) in [6.07, 6.45) is 4.60. The van der Waals surface area contributed by atoms with Gasteiger partial charge < -0.3 is 14.4 Å². The second-order valence-electron chi connectivity index (χ2n) is 6.36. The van der Waals surface area contributed by atoms with Gasteiger partial charge in [-0.1, -0.05) is 6.07 Å². The number of amides is 1. The largest absolute Gasteiger partial charge is 0.493 e. The zero-order valence-electron chi connectivity index (χ0n) is 13.4. The van der Waals surface area contributed by atoms with Crippen molar-refractivity contribution >= 4 is 5.91 Å². The lowest BCUT2D eigenvalue weighted by molar-refractivity contribution is -0.142. The van der Waals surface area contributed by atoms with Crippen LogP contribution in [0.2, 0.25) is 0 Å². The highest BCUT2D eigenvalue weighted by Gasteiger charge is 2.30. The standard InChI is InChI=1S/C18H24FNO3/c19-15-3-1-4-16(13-15)22-12-8-14-6-9-20(10-7-14)18(21)17-5-2-11-23-17/h1,3-4,13-14,17H,2,5-12H2/t17-/m0/s1. The highest BCUT2D eigenvalue weighted by Crippen LogP contribution is 2.24. The quantitative estimate of drug-likeness (QED) is 0.837. The van der Waals surface area contributed by atoms with Gasteiger partial charge in [0.05, 0.1) is 6.61 Å². The molecular weight excluding hydrogens is 297 g/mol. The van der Waals surface area contributed by atoms with Gasteiger partial charge in [-0.15, -0.1) is 0 Å². The number of piperidine rings is 1. The van der Waals surface area contributed by atoms with Crippen molar-refractivity contribution in [1.29, 1.82) is 0 Å². The predicted octanol–water partition coefficient (Wildman–Crippen LogP) is 3.01. The minimum absolute atomic E-state index is 0.164. The fourth-order valence-electron chi connectivity index (χ4n) is 3.32. The number of carbonyl (C=O) groups is 1. The van der Waals surface area contributed by atoms with Gasteiger partial charge in [-0.2, -0.15) is 0 Å². The van der Waals surface area contributed by atoms with E-state index < -0.39 is 0 Å². The molecule has 2 aliphatic rings. The zero-order chi connectivity index (χ0) is 16.1. The van der Waals surface area contributed by atoms with Crippen LogP contribution in [0.15, 0.2) is 24.3 Å². The molecule has 2 saturated heterocycles. The predicted molar refractivity (Wildman–Crippen MR) is 84.8 cm³/mol. The van der Waals surface area contributed by atoms with E-state index in [1.165, 1.54) is 12.1 Å². The van der Waals surface area contributed by atoms with Gasteiger partial charge in [-0.05, 0) is 50.2 Å². The first-order valence-corrected chi connectivity index (χ1v) is 8.51.